The van der Waals surface area contributed by atoms with Crippen molar-refractivity contribution in [1.82, 2.24) is 5.32 Å². The second-order valence-electron chi connectivity index (χ2n) is 7.02. The second kappa shape index (κ2) is 8.93. The fourth-order valence-corrected chi connectivity index (χ4v) is 3.57. The van der Waals surface area contributed by atoms with Crippen LogP contribution in [-0.2, 0) is 21.4 Å². The molecule has 0 saturated heterocycles. The highest BCUT2D eigenvalue weighted by atomic mass is 35.5. The first-order chi connectivity index (χ1) is 13.9. The molecule has 0 aliphatic heterocycles. The minimum Gasteiger partial charge on any atom is -0.480 e. The van der Waals surface area contributed by atoms with E-state index < -0.39 is 17.4 Å². The van der Waals surface area contributed by atoms with Crippen molar-refractivity contribution >= 4 is 23.5 Å². The lowest BCUT2D eigenvalue weighted by atomic mass is 9.75. The van der Waals surface area contributed by atoms with Crippen molar-refractivity contribution in [3.63, 3.8) is 0 Å². The van der Waals surface area contributed by atoms with Crippen molar-refractivity contribution in [2.45, 2.75) is 24.8 Å². The van der Waals surface area contributed by atoms with Gasteiger partial charge in [0.25, 0.3) is 0 Å². The number of hydrogen-bond acceptors (Lipinski definition) is 2. The summed E-state index contributed by atoms with van der Waals surface area (Å²) in [7, 11) is 0. The molecular weight excluding hydrogens is 386 g/mol. The molecule has 0 saturated carbocycles. The van der Waals surface area contributed by atoms with Gasteiger partial charge in [-0.3, -0.25) is 4.79 Å². The van der Waals surface area contributed by atoms with E-state index in [1.54, 1.807) is 31.2 Å². The molecule has 148 valence electrons. The summed E-state index contributed by atoms with van der Waals surface area (Å²) in [6.45, 7) is 1.81. The van der Waals surface area contributed by atoms with Gasteiger partial charge in [-0.05, 0) is 29.7 Å². The van der Waals surface area contributed by atoms with Crippen molar-refractivity contribution < 1.29 is 14.7 Å². The number of carbonyl (C=O) groups excluding carboxylic acids is 1. The number of nitrogens with one attached hydrogen (secondary N) is 1. The zero-order valence-corrected chi connectivity index (χ0v) is 16.8. The van der Waals surface area contributed by atoms with Gasteiger partial charge in [-0.1, -0.05) is 90.5 Å². The van der Waals surface area contributed by atoms with E-state index in [9.17, 15) is 14.7 Å². The predicted octanol–water partition coefficient (Wildman–Crippen LogP) is 4.46. The Morgan fingerprint density at radius 1 is 0.897 bits per heavy atom. The predicted molar refractivity (Wildman–Crippen MR) is 114 cm³/mol. The van der Waals surface area contributed by atoms with Crippen LogP contribution < -0.4 is 5.32 Å². The molecule has 0 aromatic heterocycles. The number of benzene rings is 3. The van der Waals surface area contributed by atoms with Gasteiger partial charge < -0.3 is 10.4 Å². The summed E-state index contributed by atoms with van der Waals surface area (Å²) in [4.78, 5) is 25.3. The summed E-state index contributed by atoms with van der Waals surface area (Å²) in [6.07, 6.45) is 0.0976. The van der Waals surface area contributed by atoms with E-state index in [1.807, 2.05) is 60.7 Å². The van der Waals surface area contributed by atoms with Crippen LogP contribution in [0.4, 0.5) is 0 Å². The number of carboxylic acid groups (broad SMARTS) is 1. The smallest absolute Gasteiger partial charge is 0.326 e. The van der Waals surface area contributed by atoms with Gasteiger partial charge in [0.1, 0.15) is 6.04 Å². The van der Waals surface area contributed by atoms with Crippen molar-refractivity contribution in [3.05, 3.63) is 107 Å². The number of hydrogen-bond donors (Lipinski definition) is 2. The van der Waals surface area contributed by atoms with Crippen molar-refractivity contribution in [2.24, 2.45) is 0 Å². The highest BCUT2D eigenvalue weighted by molar-refractivity contribution is 6.31. The molecule has 0 radical (unpaired) electrons. The fraction of sp³-hybridized carbons (Fsp3) is 0.167. The maximum Gasteiger partial charge on any atom is 0.326 e. The molecule has 0 unspecified atom stereocenters. The molecule has 1 amide bonds. The number of halogens is 1. The Bertz CT molecular complexity index is 950. The summed E-state index contributed by atoms with van der Waals surface area (Å²) in [5.74, 6) is -1.49. The van der Waals surface area contributed by atoms with Crippen LogP contribution in [0.5, 0.6) is 0 Å². The first-order valence-corrected chi connectivity index (χ1v) is 9.69. The number of rotatable bonds is 7. The lowest BCUT2D eigenvalue weighted by Crippen LogP contribution is -2.50. The average molecular weight is 408 g/mol. The van der Waals surface area contributed by atoms with E-state index in [2.05, 4.69) is 5.32 Å². The van der Waals surface area contributed by atoms with Crippen LogP contribution in [0.2, 0.25) is 5.02 Å². The lowest BCUT2D eigenvalue weighted by Gasteiger charge is -2.31. The van der Waals surface area contributed by atoms with Gasteiger partial charge in [0.05, 0.1) is 5.41 Å². The third kappa shape index (κ3) is 4.49. The Balaban J connectivity index is 1.95. The van der Waals surface area contributed by atoms with Gasteiger partial charge in [0.15, 0.2) is 0 Å². The monoisotopic (exact) mass is 407 g/mol. The highest BCUT2D eigenvalue weighted by Gasteiger charge is 2.39. The molecule has 0 bridgehead atoms. The van der Waals surface area contributed by atoms with Crippen molar-refractivity contribution in [1.29, 1.82) is 0 Å². The third-order valence-electron chi connectivity index (χ3n) is 5.14. The first-order valence-electron chi connectivity index (χ1n) is 9.31. The second-order valence-corrected chi connectivity index (χ2v) is 7.42. The van der Waals surface area contributed by atoms with Crippen LogP contribution in [0.25, 0.3) is 0 Å². The summed E-state index contributed by atoms with van der Waals surface area (Å²) < 4.78 is 0. The Hall–Kier alpha value is -3.11. The highest BCUT2D eigenvalue weighted by Crippen LogP contribution is 2.32. The van der Waals surface area contributed by atoms with Gasteiger partial charge in [-0.25, -0.2) is 4.79 Å². The summed E-state index contributed by atoms with van der Waals surface area (Å²) in [5, 5.41) is 12.9. The Morgan fingerprint density at radius 2 is 1.38 bits per heavy atom. The molecule has 0 aliphatic rings. The van der Waals surface area contributed by atoms with Crippen molar-refractivity contribution in [3.8, 4) is 0 Å². The van der Waals surface area contributed by atoms with Crippen LogP contribution in [0.3, 0.4) is 0 Å². The molecule has 5 heteroatoms. The van der Waals surface area contributed by atoms with Crippen LogP contribution in [0, 0.1) is 0 Å². The number of amides is 1. The van der Waals surface area contributed by atoms with E-state index in [0.29, 0.717) is 10.6 Å². The SMILES string of the molecule is CC(C(=O)N[C@H](Cc1ccccc1Cl)C(=O)O)(c1ccccc1)c1ccccc1. The van der Waals surface area contributed by atoms with E-state index in [0.717, 1.165) is 11.1 Å². The normalized spacial score (nSPS) is 12.2. The van der Waals surface area contributed by atoms with E-state index in [4.69, 9.17) is 11.6 Å². The summed E-state index contributed by atoms with van der Waals surface area (Å²) in [5.41, 5.74) is 1.19. The zero-order valence-electron chi connectivity index (χ0n) is 16.0. The number of aliphatic carboxylic acids is 1. The molecule has 3 rings (SSSR count). The Morgan fingerprint density at radius 3 is 1.86 bits per heavy atom. The fourth-order valence-electron chi connectivity index (χ4n) is 3.36. The van der Waals surface area contributed by atoms with Crippen LogP contribution in [0.15, 0.2) is 84.9 Å². The standard InChI is InChI=1S/C24H22ClNO3/c1-24(18-11-4-2-5-12-18,19-13-6-3-7-14-19)23(29)26-21(22(27)28)16-17-10-8-9-15-20(17)25/h2-15,21H,16H2,1H3,(H,26,29)(H,27,28)/t21-/m1/s1. The van der Waals surface area contributed by atoms with Crippen LogP contribution >= 0.6 is 11.6 Å². The maximum atomic E-state index is 13.4. The molecule has 3 aromatic rings. The van der Waals surface area contributed by atoms with E-state index in [-0.39, 0.29) is 12.3 Å². The largest absolute Gasteiger partial charge is 0.480 e. The average Bonchev–Trinajstić information content (AvgIpc) is 2.75. The molecule has 3 aromatic carbocycles. The van der Waals surface area contributed by atoms with Gasteiger partial charge in [0.2, 0.25) is 5.91 Å². The van der Waals surface area contributed by atoms with Gasteiger partial charge in [-0.2, -0.15) is 0 Å². The molecule has 0 aliphatic carbocycles. The van der Waals surface area contributed by atoms with E-state index in [1.165, 1.54) is 0 Å². The minimum atomic E-state index is -1.11. The maximum absolute atomic E-state index is 13.4. The molecule has 1 atom stereocenters. The zero-order chi connectivity index (χ0) is 20.9. The summed E-state index contributed by atoms with van der Waals surface area (Å²) in [6, 6.07) is 24.6. The number of carbonyl (C=O) groups is 2. The Kier molecular flexibility index (Phi) is 6.35. The van der Waals surface area contributed by atoms with Gasteiger partial charge in [0, 0.05) is 11.4 Å². The van der Waals surface area contributed by atoms with E-state index >= 15 is 0 Å². The lowest BCUT2D eigenvalue weighted by molar-refractivity contribution is -0.142. The topological polar surface area (TPSA) is 66.4 Å². The number of carboxylic acids is 1. The van der Waals surface area contributed by atoms with Gasteiger partial charge in [-0.15, -0.1) is 0 Å². The first kappa shape index (κ1) is 20.6. The van der Waals surface area contributed by atoms with Crippen molar-refractivity contribution in [2.75, 3.05) is 0 Å². The molecule has 0 fully saturated rings. The van der Waals surface area contributed by atoms with Gasteiger partial charge >= 0.3 is 5.97 Å². The quantitative estimate of drug-likeness (QED) is 0.607. The molecule has 0 spiro atoms. The molecule has 29 heavy (non-hydrogen) atoms. The third-order valence-corrected chi connectivity index (χ3v) is 5.51. The van der Waals surface area contributed by atoms with Crippen LogP contribution in [-0.4, -0.2) is 23.0 Å². The Labute approximate surface area is 175 Å². The molecular formula is C24H22ClNO3. The van der Waals surface area contributed by atoms with Crippen LogP contribution in [0.1, 0.15) is 23.6 Å². The minimum absolute atomic E-state index is 0.0976. The molecule has 2 N–H and O–H groups in total. The summed E-state index contributed by atoms with van der Waals surface area (Å²) >= 11 is 6.19. The molecule has 4 nitrogen and oxygen atoms in total. The molecule has 0 heterocycles.